The number of amides is 5. The molecule has 5 rings (SSSR count). The number of benzene rings is 2. The van der Waals surface area contributed by atoms with Crippen LogP contribution in [0.15, 0.2) is 53.5 Å². The number of carbonyl (C=O) groups excluding carboxylic acids is 5. The number of likely N-dealkylation sites (tertiary alicyclic amines) is 1. The van der Waals surface area contributed by atoms with Crippen molar-refractivity contribution in [3.8, 4) is 5.75 Å². The number of carboxylic acid groups (broad SMARTS) is 1. The second-order valence-electron chi connectivity index (χ2n) is 15.1. The van der Waals surface area contributed by atoms with Crippen molar-refractivity contribution >= 4 is 52.4 Å². The molecule has 1 aromatic heterocycles. The molecule has 1 fully saturated rings. The van der Waals surface area contributed by atoms with Gasteiger partial charge in [0.15, 0.2) is 5.96 Å². The Morgan fingerprint density at radius 3 is 2.38 bits per heavy atom. The highest BCUT2D eigenvalue weighted by Gasteiger charge is 2.39. The van der Waals surface area contributed by atoms with Gasteiger partial charge in [-0.2, -0.15) is 0 Å². The first-order valence-electron chi connectivity index (χ1n) is 20.3. The van der Waals surface area contributed by atoms with Crippen molar-refractivity contribution in [1.29, 1.82) is 0 Å². The molecule has 0 spiro atoms. The number of nitrogens with one attached hydrogen (secondary N) is 6. The maximum Gasteiger partial charge on any atom is 0.326 e. The van der Waals surface area contributed by atoms with E-state index in [1.165, 1.54) is 11.8 Å². The summed E-state index contributed by atoms with van der Waals surface area (Å²) in [6.07, 6.45) is 2.86. The third kappa shape index (κ3) is 11.5. The number of para-hydroxylation sites is 1. The van der Waals surface area contributed by atoms with Gasteiger partial charge in [-0.1, -0.05) is 30.3 Å². The van der Waals surface area contributed by atoms with Crippen LogP contribution in [0.5, 0.6) is 5.75 Å². The molecule has 19 nitrogen and oxygen atoms in total. The van der Waals surface area contributed by atoms with E-state index < -0.39 is 72.3 Å². The Kier molecular flexibility index (Phi) is 15.8. The summed E-state index contributed by atoms with van der Waals surface area (Å²) in [4.78, 5) is 88.2. The maximum absolute atomic E-state index is 14.1. The molecular weight excluding hydrogens is 775 g/mol. The zero-order valence-corrected chi connectivity index (χ0v) is 34.0. The number of nitrogens with two attached hydrogens (primary N) is 3. The number of rotatable bonds is 20. The molecule has 5 amide bonds. The molecule has 6 atom stereocenters. The molecule has 19 heteroatoms. The monoisotopic (exact) mass is 831 g/mol. The van der Waals surface area contributed by atoms with E-state index in [9.17, 15) is 33.9 Å². The smallest absolute Gasteiger partial charge is 0.326 e. The lowest BCUT2D eigenvalue weighted by Crippen LogP contribution is -2.57. The van der Waals surface area contributed by atoms with Gasteiger partial charge in [0.1, 0.15) is 29.9 Å². The fraction of sp³-hybridized carbons (Fsp3) is 0.488. The third-order valence-corrected chi connectivity index (χ3v) is 10.8. The quantitative estimate of drug-likeness (QED) is 0.0397. The molecule has 324 valence electrons. The topological polar surface area (TPSA) is 301 Å². The number of guanidine groups is 1. The number of ether oxygens (including phenoxy) is 1. The predicted octanol–water partition coefficient (Wildman–Crippen LogP) is -0.371. The second kappa shape index (κ2) is 21.2. The maximum atomic E-state index is 14.1. The lowest BCUT2D eigenvalue weighted by molar-refractivity contribution is -0.143. The van der Waals surface area contributed by atoms with Gasteiger partial charge in [0.25, 0.3) is 0 Å². The number of aromatic nitrogens is 1. The third-order valence-electron chi connectivity index (χ3n) is 10.8. The molecule has 0 unspecified atom stereocenters. The summed E-state index contributed by atoms with van der Waals surface area (Å²) in [7, 11) is 1.59. The van der Waals surface area contributed by atoms with Crippen molar-refractivity contribution in [2.75, 3.05) is 33.3 Å². The molecule has 1 saturated heterocycles. The van der Waals surface area contributed by atoms with Gasteiger partial charge in [-0.15, -0.1) is 0 Å². The molecule has 3 aromatic rings. The number of unbranched alkanes of at least 4 members (excludes halogenated alkanes) is 1. The van der Waals surface area contributed by atoms with Gasteiger partial charge in [-0.25, -0.2) is 4.79 Å². The lowest BCUT2D eigenvalue weighted by atomic mass is 9.90. The second-order valence-corrected chi connectivity index (χ2v) is 15.1. The molecule has 0 saturated carbocycles. The first kappa shape index (κ1) is 44.9. The van der Waals surface area contributed by atoms with Gasteiger partial charge in [0.2, 0.25) is 29.5 Å². The summed E-state index contributed by atoms with van der Waals surface area (Å²) in [5.74, 6) is -3.47. The van der Waals surface area contributed by atoms with E-state index in [0.717, 1.165) is 27.7 Å². The van der Waals surface area contributed by atoms with E-state index in [4.69, 9.17) is 21.9 Å². The average molecular weight is 832 g/mol. The molecule has 0 aliphatic carbocycles. The predicted molar refractivity (Wildman–Crippen MR) is 223 cm³/mol. The molecular formula is C41H57N11O8. The molecule has 13 N–H and O–H groups in total. The molecule has 2 aromatic carbocycles. The Hall–Kier alpha value is -6.21. The number of hydrogen-bond donors (Lipinski definition) is 10. The number of methoxy groups -OCH3 is 1. The van der Waals surface area contributed by atoms with Gasteiger partial charge in [0.05, 0.1) is 25.7 Å². The summed E-state index contributed by atoms with van der Waals surface area (Å²) in [5, 5.41) is 24.5. The number of hydrogen-bond acceptors (Lipinski definition) is 10. The Morgan fingerprint density at radius 2 is 1.68 bits per heavy atom. The molecule has 3 heterocycles. The summed E-state index contributed by atoms with van der Waals surface area (Å²) < 4.78 is 5.34. The van der Waals surface area contributed by atoms with Crippen LogP contribution in [0.2, 0.25) is 0 Å². The zero-order chi connectivity index (χ0) is 43.3. The van der Waals surface area contributed by atoms with Crippen LogP contribution in [0.3, 0.4) is 0 Å². The zero-order valence-electron chi connectivity index (χ0n) is 34.0. The summed E-state index contributed by atoms with van der Waals surface area (Å²) in [6, 6.07) is 10.1. The largest absolute Gasteiger partial charge is 0.497 e. The van der Waals surface area contributed by atoms with Crippen molar-refractivity contribution in [3.63, 3.8) is 0 Å². The highest BCUT2D eigenvalue weighted by atomic mass is 16.5. The Bertz CT molecular complexity index is 2030. The molecule has 0 bridgehead atoms. The van der Waals surface area contributed by atoms with Crippen LogP contribution in [0, 0.1) is 0 Å². The van der Waals surface area contributed by atoms with Crippen molar-refractivity contribution in [2.45, 2.75) is 94.5 Å². The number of nitrogens with zero attached hydrogens (tertiary/aromatic N) is 2. The summed E-state index contributed by atoms with van der Waals surface area (Å²) in [6.45, 7) is 1.78. The number of carboxylic acids is 1. The van der Waals surface area contributed by atoms with Crippen LogP contribution >= 0.6 is 0 Å². The first-order chi connectivity index (χ1) is 28.8. The standard InChI is InChI=1S/C41H57N11O8/c1-23(36(54)51-30(40(58)59)11-5-6-18-42)47-38(56)32-13-8-20-52(32)39(57)29(12-7-19-45-41(43)44)48-33(53)22-46-37(55)31-21-27-26-9-3-4-10-28(26)49-35(27)34(50-31)24-14-16-25(60-2)17-15-24/h3-4,9-10,14-17,23,29-32,34,49-50H,5-8,11-13,18-22,42H2,1-2H3,(H,46,55)(H,47,56)(H,48,53)(H,51,54)(H,58,59)(H4,43,44,45)/t23-,29-,30-,31-,32-,34+/m0/s1. The van der Waals surface area contributed by atoms with Gasteiger partial charge in [-0.3, -0.25) is 34.3 Å². The van der Waals surface area contributed by atoms with E-state index >= 15 is 0 Å². The Labute approximate surface area is 348 Å². The highest BCUT2D eigenvalue weighted by molar-refractivity contribution is 5.96. The number of aliphatic imine (C=N–C) groups is 1. The Morgan fingerprint density at radius 1 is 0.950 bits per heavy atom. The van der Waals surface area contributed by atoms with Crippen LogP contribution in [-0.4, -0.2) is 120 Å². The number of aliphatic carboxylic acids is 1. The van der Waals surface area contributed by atoms with E-state index in [-0.39, 0.29) is 37.9 Å². The van der Waals surface area contributed by atoms with Crippen molar-refractivity contribution in [3.05, 3.63) is 65.4 Å². The normalized spacial score (nSPS) is 18.6. The van der Waals surface area contributed by atoms with E-state index in [1.54, 1.807) is 7.11 Å². The van der Waals surface area contributed by atoms with Crippen molar-refractivity contribution < 1.29 is 38.6 Å². The molecule has 2 aliphatic heterocycles. The minimum atomic E-state index is -1.20. The van der Waals surface area contributed by atoms with Crippen LogP contribution in [-0.2, 0) is 35.2 Å². The minimum absolute atomic E-state index is 0.122. The summed E-state index contributed by atoms with van der Waals surface area (Å²) >= 11 is 0. The van der Waals surface area contributed by atoms with Gasteiger partial charge in [0, 0.05) is 29.7 Å². The van der Waals surface area contributed by atoms with Gasteiger partial charge in [-0.05, 0) is 94.2 Å². The fourth-order valence-electron chi connectivity index (χ4n) is 7.68. The van der Waals surface area contributed by atoms with Crippen LogP contribution in [0.1, 0.15) is 74.7 Å². The fourth-order valence-corrected chi connectivity index (χ4v) is 7.68. The molecule has 0 radical (unpaired) electrons. The minimum Gasteiger partial charge on any atom is -0.497 e. The number of aromatic amines is 1. The van der Waals surface area contributed by atoms with Crippen molar-refractivity contribution in [1.82, 2.24) is 36.5 Å². The lowest BCUT2D eigenvalue weighted by Gasteiger charge is -2.31. The number of carbonyl (C=O) groups is 6. The molecule has 2 aliphatic rings. The number of H-pyrrole nitrogens is 1. The van der Waals surface area contributed by atoms with Gasteiger partial charge < -0.3 is 58.2 Å². The van der Waals surface area contributed by atoms with Crippen LogP contribution in [0.25, 0.3) is 10.9 Å². The van der Waals surface area contributed by atoms with Gasteiger partial charge >= 0.3 is 5.97 Å². The Balaban J connectivity index is 1.23. The first-order valence-corrected chi connectivity index (χ1v) is 20.3. The van der Waals surface area contributed by atoms with Crippen LogP contribution in [0.4, 0.5) is 0 Å². The SMILES string of the molecule is COc1ccc([C@H]2N[C@H](C(=O)NCC(=O)N[C@@H](CCCN=C(N)N)C(=O)N3CCC[C@H]3C(=O)N[C@@H](C)C(=O)N[C@@H](CCCCN)C(=O)O)Cc3c2[nH]c2ccccc32)cc1. The van der Waals surface area contributed by atoms with E-state index in [2.05, 4.69) is 36.6 Å². The highest BCUT2D eigenvalue weighted by Crippen LogP contribution is 2.35. The van der Waals surface area contributed by atoms with Crippen LogP contribution < -0.4 is 48.5 Å². The average Bonchev–Trinajstić information content (AvgIpc) is 3.88. The molecule has 60 heavy (non-hydrogen) atoms. The summed E-state index contributed by atoms with van der Waals surface area (Å²) in [5.41, 5.74) is 20.3. The number of fused-ring (bicyclic) bond motifs is 3. The van der Waals surface area contributed by atoms with E-state index in [1.807, 2.05) is 48.5 Å². The van der Waals surface area contributed by atoms with Crippen molar-refractivity contribution in [2.24, 2.45) is 22.2 Å². The van der Waals surface area contributed by atoms with E-state index in [0.29, 0.717) is 50.8 Å².